The van der Waals surface area contributed by atoms with Crippen LogP contribution in [0, 0.1) is 29.1 Å². The Bertz CT molecular complexity index is 538. The van der Waals surface area contributed by atoms with Crippen LogP contribution in [-0.2, 0) is 4.74 Å². The summed E-state index contributed by atoms with van der Waals surface area (Å²) in [5.74, 6) is 2.54. The highest BCUT2D eigenvalue weighted by atomic mass is 16.5. The normalized spacial score (nSPS) is 9.28. The molecule has 92 valence electrons. The van der Waals surface area contributed by atoms with Gasteiger partial charge in [-0.05, 0) is 6.07 Å². The van der Waals surface area contributed by atoms with E-state index in [2.05, 4.69) is 5.92 Å². The van der Waals surface area contributed by atoms with Gasteiger partial charge in [-0.1, -0.05) is 5.92 Å². The molecule has 5 heteroatoms. The van der Waals surface area contributed by atoms with E-state index in [-0.39, 0.29) is 11.3 Å². The first-order chi connectivity index (χ1) is 8.63. The quantitative estimate of drug-likeness (QED) is 0.351. The van der Waals surface area contributed by atoms with Crippen molar-refractivity contribution in [1.29, 1.82) is 10.7 Å². The fraction of sp³-hybridized carbons (Fsp3) is 0.231. The Kier molecular flexibility index (Phi) is 4.74. The van der Waals surface area contributed by atoms with Crippen LogP contribution in [0.15, 0.2) is 12.1 Å². The summed E-state index contributed by atoms with van der Waals surface area (Å²) in [4.78, 5) is 0. The molecule has 0 saturated heterocycles. The number of anilines is 1. The molecule has 0 spiro atoms. The summed E-state index contributed by atoms with van der Waals surface area (Å²) < 4.78 is 10.2. The highest BCUT2D eigenvalue weighted by Crippen LogP contribution is 2.25. The lowest BCUT2D eigenvalue weighted by atomic mass is 10.0. The number of hydrogen-bond acceptors (Lipinski definition) is 5. The topological polar surface area (TPSA) is 92.1 Å². The van der Waals surface area contributed by atoms with Gasteiger partial charge in [-0.25, -0.2) is 0 Å². The van der Waals surface area contributed by atoms with Gasteiger partial charge in [0.15, 0.2) is 0 Å². The average Bonchev–Trinajstić information content (AvgIpc) is 2.38. The van der Waals surface area contributed by atoms with E-state index in [1.54, 1.807) is 7.11 Å². The molecule has 18 heavy (non-hydrogen) atoms. The zero-order chi connectivity index (χ0) is 13.5. The molecular weight excluding hydrogens is 230 g/mol. The van der Waals surface area contributed by atoms with Gasteiger partial charge in [0.1, 0.15) is 24.1 Å². The third-order valence-electron chi connectivity index (χ3n) is 2.23. The molecular formula is C13H13N3O2. The van der Waals surface area contributed by atoms with Gasteiger partial charge < -0.3 is 15.2 Å². The fourth-order valence-corrected chi connectivity index (χ4v) is 1.33. The van der Waals surface area contributed by atoms with E-state index < -0.39 is 0 Å². The van der Waals surface area contributed by atoms with Crippen LogP contribution < -0.4 is 10.5 Å². The van der Waals surface area contributed by atoms with Gasteiger partial charge >= 0.3 is 0 Å². The lowest BCUT2D eigenvalue weighted by Gasteiger charge is -2.10. The second-order valence-electron chi connectivity index (χ2n) is 3.41. The van der Waals surface area contributed by atoms with Gasteiger partial charge in [0.25, 0.3) is 0 Å². The fourth-order valence-electron chi connectivity index (χ4n) is 1.33. The van der Waals surface area contributed by atoms with Crippen LogP contribution in [0.25, 0.3) is 0 Å². The van der Waals surface area contributed by atoms with Gasteiger partial charge in [0, 0.05) is 24.4 Å². The third kappa shape index (κ3) is 3.00. The largest absolute Gasteiger partial charge is 0.490 e. The van der Waals surface area contributed by atoms with Crippen molar-refractivity contribution in [2.45, 2.75) is 0 Å². The maximum Gasteiger partial charge on any atom is 0.139 e. The van der Waals surface area contributed by atoms with Crippen molar-refractivity contribution in [1.82, 2.24) is 0 Å². The van der Waals surface area contributed by atoms with Gasteiger partial charge in [0.05, 0.1) is 12.2 Å². The van der Waals surface area contributed by atoms with Crippen molar-refractivity contribution in [2.75, 3.05) is 26.1 Å². The zero-order valence-corrected chi connectivity index (χ0v) is 9.99. The molecule has 1 rings (SSSR count). The number of rotatable bonds is 5. The van der Waals surface area contributed by atoms with Crippen molar-refractivity contribution in [2.24, 2.45) is 0 Å². The number of nitrogens with one attached hydrogen (secondary N) is 1. The molecule has 0 atom stereocenters. The van der Waals surface area contributed by atoms with Crippen LogP contribution in [-0.4, -0.2) is 26.0 Å². The van der Waals surface area contributed by atoms with E-state index >= 15 is 0 Å². The van der Waals surface area contributed by atoms with E-state index in [9.17, 15) is 0 Å². The number of nitrogen functional groups attached to an aromatic ring is 1. The molecule has 0 aliphatic heterocycles. The van der Waals surface area contributed by atoms with Crippen molar-refractivity contribution in [3.8, 4) is 24.2 Å². The number of nitriles is 1. The van der Waals surface area contributed by atoms with Crippen LogP contribution in [0.2, 0.25) is 0 Å². The van der Waals surface area contributed by atoms with E-state index in [0.29, 0.717) is 30.2 Å². The minimum absolute atomic E-state index is 0.0626. The van der Waals surface area contributed by atoms with Crippen molar-refractivity contribution >= 4 is 11.4 Å². The number of methoxy groups -OCH3 is 1. The Labute approximate surface area is 106 Å². The Hall–Kier alpha value is -2.50. The molecule has 0 unspecified atom stereocenters. The zero-order valence-electron chi connectivity index (χ0n) is 9.99. The summed E-state index contributed by atoms with van der Waals surface area (Å²) in [6.07, 6.45) is 5.14. The molecule has 1 aromatic rings. The number of hydrogen-bond donors (Lipinski definition) is 2. The summed E-state index contributed by atoms with van der Waals surface area (Å²) in [6.45, 7) is 0.725. The summed E-state index contributed by atoms with van der Waals surface area (Å²) >= 11 is 0. The smallest absolute Gasteiger partial charge is 0.139 e. The molecule has 3 N–H and O–H groups in total. The Morgan fingerprint density at radius 1 is 1.50 bits per heavy atom. The van der Waals surface area contributed by atoms with Gasteiger partial charge in [0.2, 0.25) is 0 Å². The van der Waals surface area contributed by atoms with Gasteiger partial charge in [-0.3, -0.25) is 5.41 Å². The Balaban J connectivity index is 3.09. The summed E-state index contributed by atoms with van der Waals surface area (Å²) in [6, 6.07) is 4.94. The molecule has 0 radical (unpaired) electrons. The minimum atomic E-state index is -0.0626. The lowest BCUT2D eigenvalue weighted by Crippen LogP contribution is -2.08. The number of ether oxygens (including phenoxy) is 2. The molecule has 0 bridgehead atoms. The molecule has 0 fully saturated rings. The first-order valence-electron chi connectivity index (χ1n) is 5.15. The van der Waals surface area contributed by atoms with Crippen molar-refractivity contribution in [3.63, 3.8) is 0 Å². The van der Waals surface area contributed by atoms with Crippen molar-refractivity contribution < 1.29 is 9.47 Å². The van der Waals surface area contributed by atoms with E-state index in [0.717, 1.165) is 0 Å². The predicted octanol–water partition coefficient (Wildman–Crippen LogP) is 1.17. The SMILES string of the molecule is C#CC(=N)c1cc(C#N)c(OCCOC)cc1N. The molecule has 0 aromatic heterocycles. The summed E-state index contributed by atoms with van der Waals surface area (Å²) in [7, 11) is 1.56. The molecule has 0 amide bonds. The number of terminal acetylenes is 1. The highest BCUT2D eigenvalue weighted by molar-refractivity contribution is 6.13. The second-order valence-corrected chi connectivity index (χ2v) is 3.41. The first-order valence-corrected chi connectivity index (χ1v) is 5.15. The van der Waals surface area contributed by atoms with Crippen LogP contribution in [0.5, 0.6) is 5.75 Å². The van der Waals surface area contributed by atoms with E-state index in [4.69, 9.17) is 32.3 Å². The van der Waals surface area contributed by atoms with Crippen molar-refractivity contribution in [3.05, 3.63) is 23.3 Å². The standard InChI is InChI=1S/C13H13N3O2/c1-3-11(15)10-6-9(8-14)13(7-12(10)16)18-5-4-17-2/h1,6-7,15H,4-5,16H2,2H3. The first kappa shape index (κ1) is 13.6. The van der Waals surface area contributed by atoms with Crippen LogP contribution >= 0.6 is 0 Å². The maximum atomic E-state index is 9.02. The van der Waals surface area contributed by atoms with Gasteiger partial charge in [-0.15, -0.1) is 6.42 Å². The van der Waals surface area contributed by atoms with Crippen LogP contribution in [0.1, 0.15) is 11.1 Å². The lowest BCUT2D eigenvalue weighted by molar-refractivity contribution is 0.146. The summed E-state index contributed by atoms with van der Waals surface area (Å²) in [5, 5.41) is 16.6. The highest BCUT2D eigenvalue weighted by Gasteiger charge is 2.11. The maximum absolute atomic E-state index is 9.02. The Morgan fingerprint density at radius 2 is 2.22 bits per heavy atom. The Morgan fingerprint density at radius 3 is 2.78 bits per heavy atom. The molecule has 0 saturated carbocycles. The van der Waals surface area contributed by atoms with Gasteiger partial charge in [-0.2, -0.15) is 5.26 Å². The third-order valence-corrected chi connectivity index (χ3v) is 2.23. The van der Waals surface area contributed by atoms with E-state index in [1.165, 1.54) is 12.1 Å². The van der Waals surface area contributed by atoms with Crippen LogP contribution in [0.3, 0.4) is 0 Å². The molecule has 1 aromatic carbocycles. The number of benzene rings is 1. The van der Waals surface area contributed by atoms with E-state index in [1.807, 2.05) is 6.07 Å². The average molecular weight is 243 g/mol. The molecule has 0 aliphatic rings. The number of nitrogens with two attached hydrogens (primary N) is 1. The molecule has 0 aliphatic carbocycles. The second kappa shape index (κ2) is 6.29. The molecule has 0 heterocycles. The van der Waals surface area contributed by atoms with Crippen LogP contribution in [0.4, 0.5) is 5.69 Å². The number of nitrogens with zero attached hydrogens (tertiary/aromatic N) is 1. The summed E-state index contributed by atoms with van der Waals surface area (Å²) in [5.41, 5.74) is 6.66. The predicted molar refractivity (Wildman–Crippen MR) is 68.6 cm³/mol. The monoisotopic (exact) mass is 243 g/mol. The minimum Gasteiger partial charge on any atom is -0.490 e. The molecule has 5 nitrogen and oxygen atoms in total.